The second-order valence-corrected chi connectivity index (χ2v) is 4.13. The fourth-order valence-electron chi connectivity index (χ4n) is 1.27. The summed E-state index contributed by atoms with van der Waals surface area (Å²) in [5, 5.41) is 0. The number of ether oxygens (including phenoxy) is 5. The number of esters is 1. The van der Waals surface area contributed by atoms with E-state index < -0.39 is 0 Å². The molecule has 0 aromatic carbocycles. The fourth-order valence-corrected chi connectivity index (χ4v) is 1.27. The molecule has 0 aliphatic rings. The molecule has 0 amide bonds. The Labute approximate surface area is 121 Å². The van der Waals surface area contributed by atoms with Crippen LogP contribution in [0.1, 0.15) is 26.2 Å². The summed E-state index contributed by atoms with van der Waals surface area (Å²) in [7, 11) is 1.36. The highest BCUT2D eigenvalue weighted by atomic mass is 16.6. The molecule has 0 rings (SSSR count). The molecule has 0 spiro atoms. The Morgan fingerprint density at radius 2 is 1.20 bits per heavy atom. The monoisotopic (exact) mass is 292 g/mol. The lowest BCUT2D eigenvalue weighted by Gasteiger charge is -2.07. The summed E-state index contributed by atoms with van der Waals surface area (Å²) in [6.45, 7) is 6.60. The number of methoxy groups -OCH3 is 1. The second kappa shape index (κ2) is 16.4. The van der Waals surface area contributed by atoms with Gasteiger partial charge in [-0.15, -0.1) is 0 Å². The lowest BCUT2D eigenvalue weighted by atomic mass is 10.4. The molecule has 0 aromatic heterocycles. The number of unbranched alkanes of at least 4 members (excludes halogenated alkanes) is 1. The molecular weight excluding hydrogens is 264 g/mol. The van der Waals surface area contributed by atoms with Gasteiger partial charge in [-0.1, -0.05) is 13.3 Å². The third kappa shape index (κ3) is 15.4. The van der Waals surface area contributed by atoms with Crippen LogP contribution in [0, 0.1) is 0 Å². The highest BCUT2D eigenvalue weighted by Crippen LogP contribution is 1.89. The van der Waals surface area contributed by atoms with Crippen molar-refractivity contribution in [2.45, 2.75) is 26.2 Å². The largest absolute Gasteiger partial charge is 0.469 e. The quantitative estimate of drug-likeness (QED) is 0.336. The van der Waals surface area contributed by atoms with Gasteiger partial charge in [0.25, 0.3) is 0 Å². The molecule has 0 aliphatic carbocycles. The second-order valence-electron chi connectivity index (χ2n) is 4.13. The predicted molar refractivity (Wildman–Crippen MR) is 74.8 cm³/mol. The zero-order valence-electron chi connectivity index (χ0n) is 12.7. The molecule has 6 nitrogen and oxygen atoms in total. The van der Waals surface area contributed by atoms with Crippen molar-refractivity contribution in [3.63, 3.8) is 0 Å². The molecule has 0 heterocycles. The molecule has 0 unspecified atom stereocenters. The first-order chi connectivity index (χ1) is 9.81. The van der Waals surface area contributed by atoms with Crippen LogP contribution in [0.5, 0.6) is 0 Å². The standard InChI is InChI=1S/C14H28O6/c1-3-4-6-17-8-10-19-12-13-20-11-9-18-7-5-14(15)16-2/h3-13H2,1-2H3. The smallest absolute Gasteiger partial charge is 0.307 e. The molecule has 0 aromatic rings. The zero-order valence-corrected chi connectivity index (χ0v) is 12.7. The maximum atomic E-state index is 10.8. The van der Waals surface area contributed by atoms with Crippen molar-refractivity contribution in [2.24, 2.45) is 0 Å². The molecule has 0 saturated carbocycles. The normalized spacial score (nSPS) is 10.7. The number of carbonyl (C=O) groups excluding carboxylic acids is 1. The minimum absolute atomic E-state index is 0.263. The minimum Gasteiger partial charge on any atom is -0.469 e. The molecule has 0 N–H and O–H groups in total. The molecule has 0 radical (unpaired) electrons. The summed E-state index contributed by atoms with van der Waals surface area (Å²) in [5.41, 5.74) is 0. The highest BCUT2D eigenvalue weighted by Gasteiger charge is 1.98. The molecule has 120 valence electrons. The summed E-state index contributed by atoms with van der Waals surface area (Å²) in [6, 6.07) is 0. The molecule has 20 heavy (non-hydrogen) atoms. The van der Waals surface area contributed by atoms with E-state index in [1.165, 1.54) is 7.11 Å². The van der Waals surface area contributed by atoms with E-state index in [1.54, 1.807) is 0 Å². The van der Waals surface area contributed by atoms with Crippen molar-refractivity contribution in [1.29, 1.82) is 0 Å². The van der Waals surface area contributed by atoms with E-state index >= 15 is 0 Å². The topological polar surface area (TPSA) is 63.2 Å². The van der Waals surface area contributed by atoms with Gasteiger partial charge in [0.15, 0.2) is 0 Å². The maximum Gasteiger partial charge on any atom is 0.307 e. The van der Waals surface area contributed by atoms with Crippen LogP contribution >= 0.6 is 0 Å². The van der Waals surface area contributed by atoms with Gasteiger partial charge in [-0.2, -0.15) is 0 Å². The Balaban J connectivity index is 2.97. The third-order valence-electron chi connectivity index (χ3n) is 2.44. The Morgan fingerprint density at radius 3 is 1.65 bits per heavy atom. The lowest BCUT2D eigenvalue weighted by Crippen LogP contribution is -2.13. The number of carbonyl (C=O) groups is 1. The summed E-state index contributed by atoms with van der Waals surface area (Å²) in [4.78, 5) is 10.8. The Hall–Kier alpha value is -0.690. The van der Waals surface area contributed by atoms with Crippen LogP contribution in [-0.4, -0.2) is 65.9 Å². The van der Waals surface area contributed by atoms with E-state index in [9.17, 15) is 4.79 Å². The van der Waals surface area contributed by atoms with E-state index in [1.807, 2.05) is 0 Å². The first kappa shape index (κ1) is 19.3. The molecule has 0 atom stereocenters. The highest BCUT2D eigenvalue weighted by molar-refractivity contribution is 5.69. The van der Waals surface area contributed by atoms with E-state index in [2.05, 4.69) is 11.7 Å². The van der Waals surface area contributed by atoms with Crippen LogP contribution in [0.3, 0.4) is 0 Å². The summed E-state index contributed by atoms with van der Waals surface area (Å²) < 4.78 is 25.7. The van der Waals surface area contributed by atoms with Crippen LogP contribution in [0.2, 0.25) is 0 Å². The summed E-state index contributed by atoms with van der Waals surface area (Å²) >= 11 is 0. The van der Waals surface area contributed by atoms with Crippen LogP contribution < -0.4 is 0 Å². The lowest BCUT2D eigenvalue weighted by molar-refractivity contribution is -0.141. The van der Waals surface area contributed by atoms with Crippen LogP contribution in [-0.2, 0) is 28.5 Å². The van der Waals surface area contributed by atoms with Crippen LogP contribution in [0.4, 0.5) is 0 Å². The molecule has 6 heteroatoms. The van der Waals surface area contributed by atoms with Gasteiger partial charge in [0, 0.05) is 6.61 Å². The summed E-state index contributed by atoms with van der Waals surface area (Å²) in [5.74, 6) is -0.263. The van der Waals surface area contributed by atoms with E-state index in [0.29, 0.717) is 46.2 Å². The molecule has 0 bridgehead atoms. The van der Waals surface area contributed by atoms with E-state index in [-0.39, 0.29) is 12.4 Å². The van der Waals surface area contributed by atoms with Crippen molar-refractivity contribution < 1.29 is 28.5 Å². The first-order valence-electron chi connectivity index (χ1n) is 7.19. The minimum atomic E-state index is -0.263. The van der Waals surface area contributed by atoms with Crippen molar-refractivity contribution in [3.05, 3.63) is 0 Å². The van der Waals surface area contributed by atoms with Gasteiger partial charge in [-0.25, -0.2) is 0 Å². The molecule has 0 saturated heterocycles. The molecule has 0 fully saturated rings. The van der Waals surface area contributed by atoms with Gasteiger partial charge in [0.05, 0.1) is 59.8 Å². The third-order valence-corrected chi connectivity index (χ3v) is 2.44. The predicted octanol–water partition coefficient (Wildman–Crippen LogP) is 1.42. The van der Waals surface area contributed by atoms with E-state index in [0.717, 1.165) is 19.4 Å². The number of hydrogen-bond donors (Lipinski definition) is 0. The zero-order chi connectivity index (χ0) is 14.9. The van der Waals surface area contributed by atoms with Gasteiger partial charge in [-0.3, -0.25) is 4.79 Å². The van der Waals surface area contributed by atoms with Crippen molar-refractivity contribution in [1.82, 2.24) is 0 Å². The van der Waals surface area contributed by atoms with Gasteiger partial charge in [0.1, 0.15) is 0 Å². The van der Waals surface area contributed by atoms with Crippen molar-refractivity contribution in [3.8, 4) is 0 Å². The van der Waals surface area contributed by atoms with Gasteiger partial charge >= 0.3 is 5.97 Å². The Morgan fingerprint density at radius 1 is 0.750 bits per heavy atom. The average molecular weight is 292 g/mol. The maximum absolute atomic E-state index is 10.8. The summed E-state index contributed by atoms with van der Waals surface area (Å²) in [6.07, 6.45) is 2.52. The van der Waals surface area contributed by atoms with Gasteiger partial charge < -0.3 is 23.7 Å². The number of rotatable bonds is 15. The number of hydrogen-bond acceptors (Lipinski definition) is 6. The van der Waals surface area contributed by atoms with Gasteiger partial charge in [0.2, 0.25) is 0 Å². The van der Waals surface area contributed by atoms with Gasteiger partial charge in [-0.05, 0) is 6.42 Å². The molecular formula is C14H28O6. The SMILES string of the molecule is CCCCOCCOCCOCCOCCC(=O)OC. The Bertz CT molecular complexity index is 210. The first-order valence-corrected chi connectivity index (χ1v) is 7.19. The average Bonchev–Trinajstić information content (AvgIpc) is 2.47. The fraction of sp³-hybridized carbons (Fsp3) is 0.929. The Kier molecular flexibility index (Phi) is 15.8. The van der Waals surface area contributed by atoms with Crippen molar-refractivity contribution in [2.75, 3.05) is 60.0 Å². The van der Waals surface area contributed by atoms with Crippen LogP contribution in [0.15, 0.2) is 0 Å². The van der Waals surface area contributed by atoms with Crippen LogP contribution in [0.25, 0.3) is 0 Å². The van der Waals surface area contributed by atoms with E-state index in [4.69, 9.17) is 18.9 Å². The van der Waals surface area contributed by atoms with Crippen molar-refractivity contribution >= 4 is 5.97 Å². The molecule has 0 aliphatic heterocycles.